The van der Waals surface area contributed by atoms with Gasteiger partial charge in [-0.2, -0.15) is 0 Å². The number of ether oxygens (including phenoxy) is 2. The van der Waals surface area contributed by atoms with Crippen molar-refractivity contribution in [3.05, 3.63) is 23.8 Å². The first kappa shape index (κ1) is 19.3. The fourth-order valence-electron chi connectivity index (χ4n) is 5.05. The molecule has 7 nitrogen and oxygen atoms in total. The Morgan fingerprint density at radius 3 is 2.75 bits per heavy atom. The molecule has 0 radical (unpaired) electrons. The zero-order valence-electron chi connectivity index (χ0n) is 16.2. The van der Waals surface area contributed by atoms with Gasteiger partial charge in [0.1, 0.15) is 6.61 Å². The molecule has 3 aliphatic heterocycles. The van der Waals surface area contributed by atoms with E-state index in [1.807, 2.05) is 6.92 Å². The Bertz CT molecular complexity index is 829. The molecule has 0 saturated carbocycles. The van der Waals surface area contributed by atoms with Gasteiger partial charge in [0.25, 0.3) is 5.91 Å². The van der Waals surface area contributed by atoms with Crippen molar-refractivity contribution in [3.8, 4) is 0 Å². The van der Waals surface area contributed by atoms with E-state index in [0.29, 0.717) is 30.1 Å². The smallest absolute Gasteiger partial charge is 0.414 e. The highest BCUT2D eigenvalue weighted by molar-refractivity contribution is 6.72. The van der Waals surface area contributed by atoms with Gasteiger partial charge in [-0.05, 0) is 37.7 Å². The van der Waals surface area contributed by atoms with E-state index in [0.717, 1.165) is 0 Å². The van der Waals surface area contributed by atoms with Crippen LogP contribution in [0, 0.1) is 5.92 Å². The highest BCUT2D eigenvalue weighted by Gasteiger charge is 2.65. The number of carbonyl (C=O) groups excluding carboxylic acids is 2. The second-order valence-electron chi connectivity index (χ2n) is 8.23. The molecule has 2 saturated heterocycles. The van der Waals surface area contributed by atoms with Gasteiger partial charge in [0.05, 0.1) is 12.6 Å². The minimum Gasteiger partial charge on any atom is -0.447 e. The number of hydrogen-bond acceptors (Lipinski definition) is 5. The van der Waals surface area contributed by atoms with E-state index in [9.17, 15) is 14.7 Å². The van der Waals surface area contributed by atoms with Gasteiger partial charge in [-0.1, -0.05) is 6.92 Å². The molecule has 4 rings (SSSR count). The van der Waals surface area contributed by atoms with Gasteiger partial charge in [-0.25, -0.2) is 4.79 Å². The van der Waals surface area contributed by atoms with Gasteiger partial charge in [-0.3, -0.25) is 9.69 Å². The van der Waals surface area contributed by atoms with E-state index in [1.54, 1.807) is 31.3 Å². The Hall–Kier alpha value is -1.97. The number of amides is 2. The average Bonchev–Trinajstić information content (AvgIpc) is 3.24. The monoisotopic (exact) mass is 408 g/mol. The fraction of sp³-hybridized carbons (Fsp3) is 0.579. The largest absolute Gasteiger partial charge is 0.447 e. The summed E-state index contributed by atoms with van der Waals surface area (Å²) in [6, 6.07) is 5.26. The number of aliphatic hydroxyl groups excluding tert-OH is 1. The number of nitrogens with one attached hydrogen (secondary N) is 1. The second kappa shape index (κ2) is 6.53. The Balaban J connectivity index is 1.80. The van der Waals surface area contributed by atoms with Crippen LogP contribution in [0.4, 0.5) is 20.3 Å². The molecule has 0 unspecified atom stereocenters. The molecule has 1 aromatic carbocycles. The Kier molecular flexibility index (Phi) is 4.51. The predicted molar refractivity (Wildman–Crippen MR) is 104 cm³/mol. The van der Waals surface area contributed by atoms with Crippen LogP contribution in [0.5, 0.6) is 0 Å². The number of aliphatic hydroxyl groups is 1. The highest BCUT2D eigenvalue weighted by atomic mass is 28.4. The molecule has 2 fully saturated rings. The number of cyclic esters (lactones) is 1. The molecule has 0 aromatic heterocycles. The molecule has 1 spiro atoms. The average molecular weight is 409 g/mol. The van der Waals surface area contributed by atoms with Crippen molar-refractivity contribution < 1.29 is 28.3 Å². The van der Waals surface area contributed by atoms with Crippen molar-refractivity contribution in [1.82, 2.24) is 0 Å². The van der Waals surface area contributed by atoms with Crippen LogP contribution < -0.4 is 10.2 Å². The van der Waals surface area contributed by atoms with E-state index in [-0.39, 0.29) is 18.9 Å². The van der Waals surface area contributed by atoms with Crippen LogP contribution in [0.2, 0.25) is 18.6 Å². The van der Waals surface area contributed by atoms with Crippen LogP contribution in [-0.2, 0) is 19.9 Å². The van der Waals surface area contributed by atoms with E-state index in [1.165, 1.54) is 4.90 Å². The van der Waals surface area contributed by atoms with Crippen LogP contribution in [0.15, 0.2) is 18.2 Å². The maximum absolute atomic E-state index is 15.2. The van der Waals surface area contributed by atoms with Crippen molar-refractivity contribution in [3.63, 3.8) is 0 Å². The van der Waals surface area contributed by atoms with Crippen LogP contribution in [0.1, 0.15) is 18.9 Å². The zero-order valence-corrected chi connectivity index (χ0v) is 17.2. The third kappa shape index (κ3) is 2.67. The van der Waals surface area contributed by atoms with Gasteiger partial charge < -0.3 is 24.0 Å². The summed E-state index contributed by atoms with van der Waals surface area (Å²) in [5.74, 6) is -0.724. The maximum Gasteiger partial charge on any atom is 0.414 e. The number of fused-ring (bicyclic) bond motifs is 2. The molecule has 2 amide bonds. The first-order chi connectivity index (χ1) is 13.2. The number of benzene rings is 1. The number of hydrogen-bond donors (Lipinski definition) is 2. The number of anilines is 2. The van der Waals surface area contributed by atoms with Gasteiger partial charge in [-0.15, -0.1) is 0 Å². The summed E-state index contributed by atoms with van der Waals surface area (Å²) >= 11 is 0. The molecule has 2 N–H and O–H groups in total. The van der Waals surface area contributed by atoms with Crippen LogP contribution in [0.3, 0.4) is 0 Å². The number of halogens is 1. The lowest BCUT2D eigenvalue weighted by Gasteiger charge is -2.30. The van der Waals surface area contributed by atoms with E-state index < -0.39 is 37.7 Å². The summed E-state index contributed by atoms with van der Waals surface area (Å²) in [5, 5.41) is 12.3. The predicted octanol–water partition coefficient (Wildman–Crippen LogP) is 2.75. The quantitative estimate of drug-likeness (QED) is 0.591. The molecular formula is C19H25FN2O5Si. The van der Waals surface area contributed by atoms with Crippen molar-refractivity contribution in [2.45, 2.75) is 43.7 Å². The van der Waals surface area contributed by atoms with Gasteiger partial charge in [0.15, 0.2) is 5.60 Å². The molecule has 0 bridgehead atoms. The molecule has 4 atom stereocenters. The van der Waals surface area contributed by atoms with Crippen LogP contribution in [-0.4, -0.2) is 51.4 Å². The van der Waals surface area contributed by atoms with E-state index in [2.05, 4.69) is 5.32 Å². The molecule has 152 valence electrons. The molecular weight excluding hydrogens is 383 g/mol. The minimum absolute atomic E-state index is 0.136. The number of nitrogens with zero attached hydrogens (tertiary/aromatic N) is 1. The topological polar surface area (TPSA) is 88.1 Å². The van der Waals surface area contributed by atoms with Gasteiger partial charge in [0.2, 0.25) is 8.41 Å². The lowest BCUT2D eigenvalue weighted by molar-refractivity contribution is -0.143. The maximum atomic E-state index is 15.2. The van der Waals surface area contributed by atoms with E-state index >= 15 is 4.11 Å². The number of carbonyl (C=O) groups is 2. The third-order valence-electron chi connectivity index (χ3n) is 6.19. The van der Waals surface area contributed by atoms with Crippen molar-refractivity contribution >= 4 is 31.8 Å². The highest BCUT2D eigenvalue weighted by Crippen LogP contribution is 2.59. The van der Waals surface area contributed by atoms with E-state index in [4.69, 9.17) is 9.47 Å². The second-order valence-corrected chi connectivity index (χ2v) is 12.0. The minimum atomic E-state index is -3.18. The summed E-state index contributed by atoms with van der Waals surface area (Å²) in [7, 11) is -3.18. The standard InChI is InChI=1S/C19H25FN2O5Si/c1-11-16(28(2,3)20)15(6-8-23)27-19(11)13-10-12(22-7-9-26-18(22)25)4-5-14(13)21-17(19)24/h4-5,10-11,15-16,23H,6-9H2,1-3H3,(H,21,24)/t11-,15+,16-,19+/m0/s1. The molecule has 0 aliphatic carbocycles. The normalized spacial score (nSPS) is 32.0. The molecule has 28 heavy (non-hydrogen) atoms. The molecule has 1 aromatic rings. The lowest BCUT2D eigenvalue weighted by atomic mass is 9.82. The van der Waals surface area contributed by atoms with Crippen molar-refractivity contribution in [2.75, 3.05) is 30.0 Å². The third-order valence-corrected chi connectivity index (χ3v) is 8.64. The van der Waals surface area contributed by atoms with Crippen LogP contribution >= 0.6 is 0 Å². The summed E-state index contributed by atoms with van der Waals surface area (Å²) in [6.45, 7) is 5.69. The summed E-state index contributed by atoms with van der Waals surface area (Å²) in [4.78, 5) is 26.5. The Labute approximate surface area is 164 Å². The molecule has 9 heteroatoms. The summed E-state index contributed by atoms with van der Waals surface area (Å²) in [6.07, 6.45) is -0.693. The van der Waals surface area contributed by atoms with Crippen LogP contribution in [0.25, 0.3) is 0 Å². The van der Waals surface area contributed by atoms with Gasteiger partial charge >= 0.3 is 6.09 Å². The fourth-order valence-corrected chi connectivity index (χ4v) is 7.59. The lowest BCUT2D eigenvalue weighted by Crippen LogP contribution is -2.42. The SMILES string of the molecule is C[C@H]1[C@H]([Si](C)(C)F)[C@@H](CCO)O[C@]12C(=O)Nc1ccc(N3CCOC3=O)cc12. The summed E-state index contributed by atoms with van der Waals surface area (Å²) < 4.78 is 26.5. The van der Waals surface area contributed by atoms with Crippen molar-refractivity contribution in [2.24, 2.45) is 5.92 Å². The number of rotatable bonds is 4. The zero-order chi connectivity index (χ0) is 20.3. The van der Waals surface area contributed by atoms with Gasteiger partial charge in [0, 0.05) is 35.0 Å². The first-order valence-corrected chi connectivity index (χ1v) is 12.5. The Morgan fingerprint density at radius 2 is 2.14 bits per heavy atom. The van der Waals surface area contributed by atoms with Crippen molar-refractivity contribution in [1.29, 1.82) is 0 Å². The summed E-state index contributed by atoms with van der Waals surface area (Å²) in [5.41, 5.74) is 0.0833. The molecule has 3 aliphatic rings. The first-order valence-electron chi connectivity index (χ1n) is 9.58. The molecule has 3 heterocycles. The Morgan fingerprint density at radius 1 is 1.39 bits per heavy atom.